The SMILES string of the molecule is O=C(OCCO)C1=CC=C[NH2+]1. The fourth-order valence-corrected chi connectivity index (χ4v) is 0.732. The first-order valence-corrected chi connectivity index (χ1v) is 3.34. The van der Waals surface area contributed by atoms with E-state index in [-0.39, 0.29) is 19.2 Å². The van der Waals surface area contributed by atoms with Crippen molar-refractivity contribution >= 4 is 5.97 Å². The van der Waals surface area contributed by atoms with Gasteiger partial charge in [-0.05, 0) is 6.08 Å². The molecule has 0 radical (unpaired) electrons. The highest BCUT2D eigenvalue weighted by molar-refractivity contribution is 5.86. The lowest BCUT2D eigenvalue weighted by molar-refractivity contribution is -0.526. The second-order valence-corrected chi connectivity index (χ2v) is 2.03. The summed E-state index contributed by atoms with van der Waals surface area (Å²) < 4.78 is 4.65. The summed E-state index contributed by atoms with van der Waals surface area (Å²) in [7, 11) is 0. The molecule has 0 aliphatic carbocycles. The molecule has 0 bridgehead atoms. The number of carbonyl (C=O) groups excluding carboxylic acids is 1. The maximum absolute atomic E-state index is 10.9. The Bertz CT molecular complexity index is 208. The molecule has 0 aromatic rings. The van der Waals surface area contributed by atoms with Crippen molar-refractivity contribution in [1.82, 2.24) is 0 Å². The van der Waals surface area contributed by atoms with Gasteiger partial charge in [0.25, 0.3) is 0 Å². The van der Waals surface area contributed by atoms with Crippen molar-refractivity contribution in [2.75, 3.05) is 13.2 Å². The first kappa shape index (κ1) is 7.97. The topological polar surface area (TPSA) is 63.1 Å². The second-order valence-electron chi connectivity index (χ2n) is 2.03. The van der Waals surface area contributed by atoms with Crippen molar-refractivity contribution in [3.05, 3.63) is 24.0 Å². The summed E-state index contributed by atoms with van der Waals surface area (Å²) in [5.74, 6) is -0.385. The number of aliphatic hydroxyl groups excluding tert-OH is 1. The van der Waals surface area contributed by atoms with Gasteiger partial charge in [-0.2, -0.15) is 0 Å². The molecule has 0 atom stereocenters. The van der Waals surface area contributed by atoms with E-state index in [4.69, 9.17) is 5.11 Å². The smallest absolute Gasteiger partial charge is 0.393 e. The van der Waals surface area contributed by atoms with Crippen LogP contribution >= 0.6 is 0 Å². The minimum absolute atomic E-state index is 0.0595. The minimum atomic E-state index is -0.385. The number of hydrogen-bond donors (Lipinski definition) is 2. The number of ether oxygens (including phenoxy) is 1. The highest BCUT2D eigenvalue weighted by Crippen LogP contribution is 1.92. The summed E-state index contributed by atoms with van der Waals surface area (Å²) in [6, 6.07) is 0. The highest BCUT2D eigenvalue weighted by atomic mass is 16.5. The van der Waals surface area contributed by atoms with E-state index in [1.165, 1.54) is 0 Å². The molecule has 0 fully saturated rings. The quantitative estimate of drug-likeness (QED) is 0.489. The van der Waals surface area contributed by atoms with Gasteiger partial charge in [-0.15, -0.1) is 0 Å². The zero-order valence-electron chi connectivity index (χ0n) is 5.99. The van der Waals surface area contributed by atoms with Crippen molar-refractivity contribution in [2.24, 2.45) is 0 Å². The number of allylic oxidation sites excluding steroid dienone is 2. The van der Waals surface area contributed by atoms with Gasteiger partial charge in [0, 0.05) is 6.08 Å². The monoisotopic (exact) mass is 156 g/mol. The fraction of sp³-hybridized carbons (Fsp3) is 0.286. The van der Waals surface area contributed by atoms with Crippen LogP contribution in [0, 0.1) is 0 Å². The first-order valence-electron chi connectivity index (χ1n) is 3.34. The molecule has 0 amide bonds. The Kier molecular flexibility index (Phi) is 2.83. The Morgan fingerprint density at radius 2 is 2.55 bits per heavy atom. The van der Waals surface area contributed by atoms with E-state index < -0.39 is 0 Å². The van der Waals surface area contributed by atoms with Crippen molar-refractivity contribution < 1.29 is 20.0 Å². The van der Waals surface area contributed by atoms with Crippen LogP contribution in [0.2, 0.25) is 0 Å². The molecule has 1 aliphatic heterocycles. The van der Waals surface area contributed by atoms with Crippen LogP contribution in [0.5, 0.6) is 0 Å². The Labute approximate surface area is 64.2 Å². The predicted molar refractivity (Wildman–Crippen MR) is 37.2 cm³/mol. The number of nitrogens with two attached hydrogens (primary N) is 1. The van der Waals surface area contributed by atoms with Crippen molar-refractivity contribution in [2.45, 2.75) is 0 Å². The third-order valence-electron chi connectivity index (χ3n) is 1.22. The highest BCUT2D eigenvalue weighted by Gasteiger charge is 2.15. The number of aliphatic hydroxyl groups is 1. The number of hydrogen-bond acceptors (Lipinski definition) is 3. The summed E-state index contributed by atoms with van der Waals surface area (Å²) in [5, 5.41) is 10.0. The third kappa shape index (κ3) is 2.18. The van der Waals surface area contributed by atoms with E-state index in [0.717, 1.165) is 0 Å². The van der Waals surface area contributed by atoms with Crippen LogP contribution in [-0.2, 0) is 9.53 Å². The molecular formula is C7H10NO3+. The van der Waals surface area contributed by atoms with Crippen molar-refractivity contribution in [3.8, 4) is 0 Å². The molecule has 60 valence electrons. The van der Waals surface area contributed by atoms with Gasteiger partial charge in [0.1, 0.15) is 6.61 Å². The van der Waals surface area contributed by atoms with Crippen LogP contribution in [-0.4, -0.2) is 24.3 Å². The van der Waals surface area contributed by atoms with Gasteiger partial charge in [0.2, 0.25) is 5.70 Å². The van der Waals surface area contributed by atoms with Gasteiger partial charge in [0.05, 0.1) is 12.8 Å². The molecule has 1 heterocycles. The molecule has 1 rings (SSSR count). The average Bonchev–Trinajstić information content (AvgIpc) is 2.52. The molecule has 1 aliphatic rings. The third-order valence-corrected chi connectivity index (χ3v) is 1.22. The molecule has 0 aromatic carbocycles. The predicted octanol–water partition coefficient (Wildman–Crippen LogP) is -1.50. The second kappa shape index (κ2) is 3.90. The number of rotatable bonds is 3. The van der Waals surface area contributed by atoms with Crippen LogP contribution in [0.3, 0.4) is 0 Å². The van der Waals surface area contributed by atoms with Gasteiger partial charge < -0.3 is 9.84 Å². The summed E-state index contributed by atoms with van der Waals surface area (Å²) >= 11 is 0. The molecule has 0 saturated heterocycles. The standard InChI is InChI=1S/C7H9NO3/c9-4-5-11-7(10)6-2-1-3-8-6/h1-3,8-9H,4-5H2/p+1. The van der Waals surface area contributed by atoms with Gasteiger partial charge in [-0.1, -0.05) is 0 Å². The van der Waals surface area contributed by atoms with Gasteiger partial charge >= 0.3 is 5.97 Å². The van der Waals surface area contributed by atoms with Crippen LogP contribution in [0.15, 0.2) is 24.0 Å². The molecule has 3 N–H and O–H groups in total. The van der Waals surface area contributed by atoms with Gasteiger partial charge in [0.15, 0.2) is 0 Å². The minimum Gasteiger partial charge on any atom is -0.456 e. The molecule has 0 spiro atoms. The van der Waals surface area contributed by atoms with Gasteiger partial charge in [-0.25, -0.2) is 4.79 Å². The van der Waals surface area contributed by atoms with E-state index in [9.17, 15) is 4.79 Å². The maximum Gasteiger partial charge on any atom is 0.393 e. The number of quaternary nitrogens is 1. The van der Waals surface area contributed by atoms with E-state index in [0.29, 0.717) is 5.70 Å². The zero-order chi connectivity index (χ0) is 8.10. The van der Waals surface area contributed by atoms with E-state index in [1.807, 2.05) is 0 Å². The summed E-state index contributed by atoms with van der Waals surface area (Å²) in [6.07, 6.45) is 5.19. The van der Waals surface area contributed by atoms with Crippen LogP contribution in [0.25, 0.3) is 0 Å². The van der Waals surface area contributed by atoms with Crippen molar-refractivity contribution in [3.63, 3.8) is 0 Å². The van der Waals surface area contributed by atoms with Gasteiger partial charge in [-0.3, -0.25) is 5.32 Å². The molecule has 4 nitrogen and oxygen atoms in total. The number of carbonyl (C=O) groups is 1. The molecular weight excluding hydrogens is 146 g/mol. The normalized spacial score (nSPS) is 14.8. The summed E-state index contributed by atoms with van der Waals surface area (Å²) in [6.45, 7) is -0.0730. The van der Waals surface area contributed by atoms with E-state index in [1.54, 1.807) is 23.7 Å². The summed E-state index contributed by atoms with van der Waals surface area (Å²) in [4.78, 5) is 10.9. The zero-order valence-corrected chi connectivity index (χ0v) is 5.99. The lowest BCUT2D eigenvalue weighted by atomic mass is 10.4. The van der Waals surface area contributed by atoms with Crippen molar-refractivity contribution in [1.29, 1.82) is 0 Å². The van der Waals surface area contributed by atoms with Crippen LogP contribution in [0.1, 0.15) is 0 Å². The average molecular weight is 156 g/mol. The molecule has 11 heavy (non-hydrogen) atoms. The van der Waals surface area contributed by atoms with Crippen LogP contribution < -0.4 is 5.32 Å². The molecule has 4 heteroatoms. The lowest BCUT2D eigenvalue weighted by Crippen LogP contribution is -2.76. The number of esters is 1. The Hall–Kier alpha value is -1.13. The Balaban J connectivity index is 2.31. The summed E-state index contributed by atoms with van der Waals surface area (Å²) in [5.41, 5.74) is 0.526. The maximum atomic E-state index is 10.9. The van der Waals surface area contributed by atoms with E-state index in [2.05, 4.69) is 4.74 Å². The molecule has 0 aromatic heterocycles. The fourth-order valence-electron chi connectivity index (χ4n) is 0.732. The Morgan fingerprint density at radius 3 is 3.09 bits per heavy atom. The molecule has 0 saturated carbocycles. The molecule has 0 unspecified atom stereocenters. The largest absolute Gasteiger partial charge is 0.456 e. The lowest BCUT2D eigenvalue weighted by Gasteiger charge is -1.99. The first-order chi connectivity index (χ1) is 5.34. The Morgan fingerprint density at radius 1 is 1.73 bits per heavy atom. The van der Waals surface area contributed by atoms with Crippen LogP contribution in [0.4, 0.5) is 0 Å². The van der Waals surface area contributed by atoms with E-state index >= 15 is 0 Å².